The predicted molar refractivity (Wildman–Crippen MR) is 101 cm³/mol. The minimum Gasteiger partial charge on any atom is -0.310 e. The molecule has 0 saturated heterocycles. The average molecular weight is 343 g/mol. The monoisotopic (exact) mass is 343 g/mol. The van der Waals surface area contributed by atoms with Crippen LogP contribution in [-0.2, 0) is 11.2 Å². The fourth-order valence-electron chi connectivity index (χ4n) is 2.82. The van der Waals surface area contributed by atoms with Gasteiger partial charge in [0.25, 0.3) is 0 Å². The SMILES string of the molecule is Cc1ccc(NC(=O)Cc2ccccc2)nc1-c1cnc2[nH]ncc2c1. The number of rotatable bonds is 4. The molecule has 0 fully saturated rings. The summed E-state index contributed by atoms with van der Waals surface area (Å²) in [5, 5.41) is 10.6. The number of fused-ring (bicyclic) bond motifs is 1. The van der Waals surface area contributed by atoms with Crippen molar-refractivity contribution in [3.05, 3.63) is 72.1 Å². The summed E-state index contributed by atoms with van der Waals surface area (Å²) < 4.78 is 0. The highest BCUT2D eigenvalue weighted by Crippen LogP contribution is 2.24. The Morgan fingerprint density at radius 1 is 1.12 bits per heavy atom. The third kappa shape index (κ3) is 3.30. The zero-order valence-electron chi connectivity index (χ0n) is 14.2. The molecule has 4 aromatic rings. The second-order valence-electron chi connectivity index (χ2n) is 6.10. The first kappa shape index (κ1) is 16.0. The van der Waals surface area contributed by atoms with E-state index in [1.807, 2.05) is 55.5 Å². The lowest BCUT2D eigenvalue weighted by molar-refractivity contribution is -0.115. The van der Waals surface area contributed by atoms with Gasteiger partial charge < -0.3 is 5.32 Å². The van der Waals surface area contributed by atoms with Gasteiger partial charge in [-0.15, -0.1) is 0 Å². The Hall–Kier alpha value is -3.54. The molecule has 6 nitrogen and oxygen atoms in total. The van der Waals surface area contributed by atoms with E-state index in [0.717, 1.165) is 33.4 Å². The van der Waals surface area contributed by atoms with Gasteiger partial charge in [0.1, 0.15) is 5.82 Å². The smallest absolute Gasteiger partial charge is 0.229 e. The molecule has 0 radical (unpaired) electrons. The fourth-order valence-corrected chi connectivity index (χ4v) is 2.82. The summed E-state index contributed by atoms with van der Waals surface area (Å²) in [6.45, 7) is 1.98. The van der Waals surface area contributed by atoms with E-state index >= 15 is 0 Å². The van der Waals surface area contributed by atoms with E-state index in [1.165, 1.54) is 0 Å². The summed E-state index contributed by atoms with van der Waals surface area (Å²) in [6, 6.07) is 15.4. The number of carbonyl (C=O) groups is 1. The largest absolute Gasteiger partial charge is 0.310 e. The highest BCUT2D eigenvalue weighted by Gasteiger charge is 2.10. The zero-order chi connectivity index (χ0) is 17.9. The second-order valence-corrected chi connectivity index (χ2v) is 6.10. The molecule has 3 heterocycles. The van der Waals surface area contributed by atoms with Crippen LogP contribution in [0.15, 0.2) is 60.9 Å². The van der Waals surface area contributed by atoms with Gasteiger partial charge in [0, 0.05) is 17.1 Å². The lowest BCUT2D eigenvalue weighted by Crippen LogP contribution is -2.15. The highest BCUT2D eigenvalue weighted by molar-refractivity contribution is 5.91. The van der Waals surface area contributed by atoms with Gasteiger partial charge in [0.05, 0.1) is 18.3 Å². The molecular formula is C20H17N5O. The maximum Gasteiger partial charge on any atom is 0.229 e. The third-order valence-corrected chi connectivity index (χ3v) is 4.14. The van der Waals surface area contributed by atoms with E-state index in [1.54, 1.807) is 12.4 Å². The van der Waals surface area contributed by atoms with Crippen LogP contribution in [0.5, 0.6) is 0 Å². The van der Waals surface area contributed by atoms with Crippen LogP contribution in [0, 0.1) is 6.92 Å². The molecule has 0 bridgehead atoms. The van der Waals surface area contributed by atoms with Crippen molar-refractivity contribution in [3.8, 4) is 11.3 Å². The van der Waals surface area contributed by atoms with Crippen molar-refractivity contribution >= 4 is 22.8 Å². The van der Waals surface area contributed by atoms with Crippen LogP contribution >= 0.6 is 0 Å². The molecule has 0 unspecified atom stereocenters. The number of nitrogens with one attached hydrogen (secondary N) is 2. The van der Waals surface area contributed by atoms with Gasteiger partial charge in [-0.25, -0.2) is 9.97 Å². The number of benzene rings is 1. The molecule has 128 valence electrons. The van der Waals surface area contributed by atoms with Crippen LogP contribution in [-0.4, -0.2) is 26.1 Å². The number of anilines is 1. The molecular weight excluding hydrogens is 326 g/mol. The topological polar surface area (TPSA) is 83.6 Å². The van der Waals surface area contributed by atoms with E-state index in [9.17, 15) is 4.79 Å². The number of hydrogen-bond donors (Lipinski definition) is 2. The van der Waals surface area contributed by atoms with E-state index < -0.39 is 0 Å². The van der Waals surface area contributed by atoms with Crippen LogP contribution in [0.25, 0.3) is 22.3 Å². The molecule has 6 heteroatoms. The zero-order valence-corrected chi connectivity index (χ0v) is 14.2. The number of aromatic nitrogens is 4. The Kier molecular flexibility index (Phi) is 4.15. The first-order valence-corrected chi connectivity index (χ1v) is 8.30. The van der Waals surface area contributed by atoms with Crippen LogP contribution in [0.3, 0.4) is 0 Å². The Labute approximate surface area is 150 Å². The Balaban J connectivity index is 1.58. The maximum absolute atomic E-state index is 12.3. The number of aromatic amines is 1. The summed E-state index contributed by atoms with van der Waals surface area (Å²) in [4.78, 5) is 21.3. The molecule has 4 rings (SSSR count). The van der Waals surface area contributed by atoms with Crippen LogP contribution in [0.1, 0.15) is 11.1 Å². The van der Waals surface area contributed by atoms with E-state index in [0.29, 0.717) is 12.2 Å². The Morgan fingerprint density at radius 3 is 2.81 bits per heavy atom. The molecule has 26 heavy (non-hydrogen) atoms. The summed E-state index contributed by atoms with van der Waals surface area (Å²) in [6.07, 6.45) is 3.80. The van der Waals surface area contributed by atoms with Gasteiger partial charge >= 0.3 is 0 Å². The number of aryl methyl sites for hydroxylation is 1. The molecule has 0 aliphatic heterocycles. The van der Waals surface area contributed by atoms with Crippen LogP contribution in [0.2, 0.25) is 0 Å². The molecule has 0 aliphatic carbocycles. The van der Waals surface area contributed by atoms with Gasteiger partial charge in [-0.2, -0.15) is 5.10 Å². The van der Waals surface area contributed by atoms with Crippen molar-refractivity contribution in [3.63, 3.8) is 0 Å². The fraction of sp³-hybridized carbons (Fsp3) is 0.100. The van der Waals surface area contributed by atoms with Crippen LogP contribution in [0.4, 0.5) is 5.82 Å². The number of amides is 1. The molecule has 1 aromatic carbocycles. The van der Waals surface area contributed by atoms with Crippen molar-refractivity contribution in [1.29, 1.82) is 0 Å². The maximum atomic E-state index is 12.3. The first-order chi connectivity index (χ1) is 12.7. The van der Waals surface area contributed by atoms with Gasteiger partial charge in [0.2, 0.25) is 5.91 Å². The molecule has 1 amide bonds. The van der Waals surface area contributed by atoms with Gasteiger partial charge in [0.15, 0.2) is 5.65 Å². The predicted octanol–water partition coefficient (Wildman–Crippen LogP) is 3.51. The minimum atomic E-state index is -0.0954. The van der Waals surface area contributed by atoms with Gasteiger partial charge in [-0.1, -0.05) is 36.4 Å². The van der Waals surface area contributed by atoms with E-state index in [-0.39, 0.29) is 5.91 Å². The second kappa shape index (κ2) is 6.76. The Morgan fingerprint density at radius 2 is 1.96 bits per heavy atom. The number of hydrogen-bond acceptors (Lipinski definition) is 4. The molecule has 0 atom stereocenters. The number of carbonyl (C=O) groups excluding carboxylic acids is 1. The summed E-state index contributed by atoms with van der Waals surface area (Å²) in [7, 11) is 0. The highest BCUT2D eigenvalue weighted by atomic mass is 16.1. The van der Waals surface area contributed by atoms with Gasteiger partial charge in [-0.05, 0) is 30.2 Å². The molecule has 3 aromatic heterocycles. The lowest BCUT2D eigenvalue weighted by atomic mass is 10.1. The quantitative estimate of drug-likeness (QED) is 0.594. The van der Waals surface area contributed by atoms with Crippen molar-refractivity contribution in [2.24, 2.45) is 0 Å². The molecule has 0 saturated carbocycles. The average Bonchev–Trinajstić information content (AvgIpc) is 3.12. The third-order valence-electron chi connectivity index (χ3n) is 4.14. The summed E-state index contributed by atoms with van der Waals surface area (Å²) >= 11 is 0. The van der Waals surface area contributed by atoms with E-state index in [2.05, 4.69) is 25.5 Å². The Bertz CT molecular complexity index is 1070. The molecule has 0 spiro atoms. The van der Waals surface area contributed by atoms with Crippen molar-refractivity contribution in [1.82, 2.24) is 20.2 Å². The normalized spacial score (nSPS) is 10.8. The first-order valence-electron chi connectivity index (χ1n) is 8.30. The number of nitrogens with zero attached hydrogens (tertiary/aromatic N) is 3. The minimum absolute atomic E-state index is 0.0954. The van der Waals surface area contributed by atoms with E-state index in [4.69, 9.17) is 0 Å². The van der Waals surface area contributed by atoms with Crippen molar-refractivity contribution < 1.29 is 4.79 Å². The summed E-state index contributed by atoms with van der Waals surface area (Å²) in [5.74, 6) is 0.431. The van der Waals surface area contributed by atoms with Crippen molar-refractivity contribution in [2.45, 2.75) is 13.3 Å². The lowest BCUT2D eigenvalue weighted by Gasteiger charge is -2.09. The van der Waals surface area contributed by atoms with Gasteiger partial charge in [-0.3, -0.25) is 9.89 Å². The van der Waals surface area contributed by atoms with Crippen molar-refractivity contribution in [2.75, 3.05) is 5.32 Å². The summed E-state index contributed by atoms with van der Waals surface area (Å²) in [5.41, 5.74) is 4.38. The number of pyridine rings is 2. The van der Waals surface area contributed by atoms with Crippen LogP contribution < -0.4 is 5.32 Å². The molecule has 2 N–H and O–H groups in total. The standard InChI is InChI=1S/C20H17N5O/c1-13-7-8-17(23-18(26)9-14-5-3-2-4-6-14)24-19(13)15-10-16-12-22-25-20(16)21-11-15/h2-8,10-12H,9H2,1H3,(H,21,22,25)(H,23,24,26). The molecule has 0 aliphatic rings. The number of H-pyrrole nitrogens is 1.